The standard InChI is InChI=1S/C27H30O5.C17H18O5.C13H10O3.C2H5BrO.CH3F.CH2O3.2K.H/c1-19(2)21(5)29-15-17-31-25-11-7-23(8-12-25)27(28)24-9-13-26(14-10-24)32-18-16-30-22(6)20(3)4;18-9-11-21-15-5-1-13(2-6-15)17(20)14-3-7-16(8-4-14)22-12-10-19;14-11-5-1-9(2-6-11)13(16)10-3-7-12(15)8-4-10;3-1-2-4;1-2;2-1-4-3;;;/h7-14H,1,3,5-6,15-18H2,2,4H3;1-8,18-19H,9-12H2;1-8,14-15H;4H,1-2H2;1H3;1,3H;;;/q;;;;;;2*+1;-1/p-1/i;;;;1D;;;;. The minimum Gasteiger partial charge on any atom is -1.00 e. The molecule has 5 N–H and O–H groups in total. The number of benzene rings is 6. The molecule has 0 spiro atoms. The van der Waals surface area contributed by atoms with Crippen molar-refractivity contribution in [3.05, 3.63) is 228 Å². The molecule has 6 rings (SSSR count). The van der Waals surface area contributed by atoms with Crippen LogP contribution >= 0.6 is 15.9 Å². The fraction of sp³-hybridized carbons (Fsp3) is 0.213. The number of aromatic hydroxyl groups is 2. The average molecular weight is 1250 g/mol. The molecule has 0 bridgehead atoms. The zero-order valence-electron chi connectivity index (χ0n) is 48.4. The second kappa shape index (κ2) is 48.1. The van der Waals surface area contributed by atoms with Crippen LogP contribution in [0.4, 0.5) is 4.39 Å². The number of ketones is 3. The maximum Gasteiger partial charge on any atom is 1.00 e. The van der Waals surface area contributed by atoms with E-state index in [-0.39, 0.29) is 173 Å². The second-order valence-corrected chi connectivity index (χ2v) is 16.5. The van der Waals surface area contributed by atoms with Gasteiger partial charge in [0.1, 0.15) is 85.7 Å². The van der Waals surface area contributed by atoms with Crippen LogP contribution in [0.2, 0.25) is 0 Å². The molecule has 21 heteroatoms. The summed E-state index contributed by atoms with van der Waals surface area (Å²) in [6.07, 6.45) is 0. The summed E-state index contributed by atoms with van der Waals surface area (Å²) in [6, 6.07) is 39.6. The summed E-state index contributed by atoms with van der Waals surface area (Å²) in [5, 5.41) is 52.5. The molecular weight excluding hydrogens is 1180 g/mol. The van der Waals surface area contributed by atoms with E-state index in [1.165, 1.54) is 24.3 Å². The largest absolute Gasteiger partial charge is 1.00 e. The third kappa shape index (κ3) is 33.1. The Morgan fingerprint density at radius 3 is 0.890 bits per heavy atom. The molecule has 0 fully saturated rings. The molecule has 0 aromatic heterocycles. The Kier molecular flexibility index (Phi) is 45.0. The Balaban J connectivity index is -0.00000110. The van der Waals surface area contributed by atoms with Gasteiger partial charge in [0.25, 0.3) is 6.47 Å². The summed E-state index contributed by atoms with van der Waals surface area (Å²) in [5.74, 6) is 3.58. The molecule has 0 amide bonds. The maximum absolute atomic E-state index is 12.7. The zero-order valence-corrected chi connectivity index (χ0v) is 54.3. The topological polar surface area (TPSA) is 257 Å². The van der Waals surface area contributed by atoms with Crippen LogP contribution in [0.25, 0.3) is 0 Å². The molecule has 0 aliphatic rings. The van der Waals surface area contributed by atoms with E-state index in [1.54, 1.807) is 121 Å². The zero-order chi connectivity index (χ0) is 60.4. The molecule has 0 unspecified atom stereocenters. The number of hydrogen-bond acceptors (Lipinski definition) is 17. The van der Waals surface area contributed by atoms with E-state index in [4.69, 9.17) is 65.4 Å². The first-order chi connectivity index (χ1) is 38.9. The fourth-order valence-corrected chi connectivity index (χ4v) is 5.76. The molecule has 0 aliphatic heterocycles. The molecule has 17 nitrogen and oxygen atoms in total. The number of aliphatic hydroxyl groups is 3. The van der Waals surface area contributed by atoms with Crippen molar-refractivity contribution in [3.8, 4) is 34.5 Å². The van der Waals surface area contributed by atoms with Crippen LogP contribution in [-0.2, 0) is 19.2 Å². The van der Waals surface area contributed by atoms with E-state index in [2.05, 4.69) is 47.1 Å². The van der Waals surface area contributed by atoms with Gasteiger partial charge in [-0.25, -0.2) is 0 Å². The van der Waals surface area contributed by atoms with Gasteiger partial charge in [0.2, 0.25) is 0 Å². The summed E-state index contributed by atoms with van der Waals surface area (Å²) in [6.45, 7) is 20.6. The Hall–Kier alpha value is -5.32. The van der Waals surface area contributed by atoms with E-state index >= 15 is 0 Å². The quantitative estimate of drug-likeness (QED) is 0.00600. The van der Waals surface area contributed by atoms with Crippen molar-refractivity contribution < 1.29 is 193 Å². The third-order valence-corrected chi connectivity index (χ3v) is 10.1. The van der Waals surface area contributed by atoms with Gasteiger partial charge < -0.3 is 65.5 Å². The van der Waals surface area contributed by atoms with Crippen molar-refractivity contribution in [2.45, 2.75) is 13.8 Å². The number of carbonyl (C=O) groups is 4. The van der Waals surface area contributed by atoms with Crippen molar-refractivity contribution in [1.82, 2.24) is 0 Å². The van der Waals surface area contributed by atoms with Gasteiger partial charge in [-0.3, -0.25) is 23.6 Å². The van der Waals surface area contributed by atoms with E-state index in [1.807, 2.05) is 13.8 Å². The van der Waals surface area contributed by atoms with Crippen LogP contribution < -0.4 is 127 Å². The number of halogens is 2. The summed E-state index contributed by atoms with van der Waals surface area (Å²) in [4.78, 5) is 48.2. The number of ether oxygens (including phenoxy) is 6. The van der Waals surface area contributed by atoms with Crippen molar-refractivity contribution in [2.24, 2.45) is 0 Å². The van der Waals surface area contributed by atoms with Gasteiger partial charge >= 0.3 is 103 Å². The van der Waals surface area contributed by atoms with E-state index in [9.17, 15) is 18.8 Å². The van der Waals surface area contributed by atoms with Crippen LogP contribution in [-0.4, -0.2) is 121 Å². The summed E-state index contributed by atoms with van der Waals surface area (Å²) in [7, 11) is -1.00. The van der Waals surface area contributed by atoms with E-state index in [0.29, 0.717) is 99.7 Å². The van der Waals surface area contributed by atoms with Gasteiger partial charge in [0.05, 0.1) is 28.3 Å². The van der Waals surface area contributed by atoms with Gasteiger partial charge in [-0.15, -0.1) is 0 Å². The van der Waals surface area contributed by atoms with E-state index < -0.39 is 7.15 Å². The molecule has 0 radical (unpaired) electrons. The van der Waals surface area contributed by atoms with Crippen molar-refractivity contribution >= 4 is 39.8 Å². The van der Waals surface area contributed by atoms with Crippen LogP contribution in [0.3, 0.4) is 0 Å². The molecule has 0 aliphatic carbocycles. The number of phenolic OH excluding ortho intramolecular Hbond substituents is 2. The molecule has 0 heterocycles. The number of allylic oxidation sites excluding steroid dienone is 2. The molecule has 82 heavy (non-hydrogen) atoms. The Morgan fingerprint density at radius 2 is 0.707 bits per heavy atom. The van der Waals surface area contributed by atoms with Crippen LogP contribution in [0.1, 0.15) is 64.4 Å². The predicted molar refractivity (Wildman–Crippen MR) is 304 cm³/mol. The number of aliphatic hydroxyl groups excluding tert-OH is 3. The molecule has 0 saturated heterocycles. The normalized spacial score (nSPS) is 9.49. The molecule has 0 saturated carbocycles. The van der Waals surface area contributed by atoms with Crippen molar-refractivity contribution in [2.75, 3.05) is 71.9 Å². The van der Waals surface area contributed by atoms with Gasteiger partial charge in [0.15, 0.2) is 17.3 Å². The molecular formula is C61H68BrFK2O17. The molecule has 0 atom stereocenters. The monoisotopic (exact) mass is 1250 g/mol. The van der Waals surface area contributed by atoms with Gasteiger partial charge in [-0.2, -0.15) is 0 Å². The van der Waals surface area contributed by atoms with Gasteiger partial charge in [-0.05, 0) is 171 Å². The first kappa shape index (κ1) is 76.7. The first-order valence-corrected chi connectivity index (χ1v) is 25.1. The summed E-state index contributed by atoms with van der Waals surface area (Å²) >= 11 is 3.00. The molecule has 6 aromatic carbocycles. The number of hydrogen-bond donors (Lipinski definition) is 5. The van der Waals surface area contributed by atoms with Crippen LogP contribution in [0.15, 0.2) is 195 Å². The Labute approximate surface area is 574 Å². The SMILES string of the molecule is C=C(C)C(=C)OCCOc1ccc(C(=O)c2ccc(OCCOC(=C)C(=C)C)cc2)cc1.O=C(c1ccc(O)cc1)c1ccc(O)cc1.O=C(c1ccc(OCCO)cc1)c1ccc(OCCO)cc1.O=CO[O-].OCCBr.[2H]CF.[H-].[K+].[K+]. The number of alkyl halides is 2. The van der Waals surface area contributed by atoms with Crippen molar-refractivity contribution in [1.29, 1.82) is 0 Å². The summed E-state index contributed by atoms with van der Waals surface area (Å²) in [5.41, 5.74) is 4.83. The summed E-state index contributed by atoms with van der Waals surface area (Å²) < 4.78 is 48.1. The van der Waals surface area contributed by atoms with Crippen molar-refractivity contribution in [3.63, 3.8) is 0 Å². The number of phenols is 2. The number of carbonyl (C=O) groups excluding carboxylic acids is 4. The van der Waals surface area contributed by atoms with Gasteiger partial charge in [0, 0.05) is 38.7 Å². The average Bonchev–Trinajstić information content (AvgIpc) is 3.49. The number of rotatable bonds is 26. The van der Waals surface area contributed by atoms with Crippen LogP contribution in [0.5, 0.6) is 34.5 Å². The van der Waals surface area contributed by atoms with Crippen LogP contribution in [0, 0.1) is 0 Å². The smallest absolute Gasteiger partial charge is 1.00 e. The first-order valence-electron chi connectivity index (χ1n) is 24.7. The van der Waals surface area contributed by atoms with E-state index in [0.717, 1.165) is 11.1 Å². The second-order valence-electron chi connectivity index (χ2n) is 15.7. The Morgan fingerprint density at radius 1 is 0.500 bits per heavy atom. The minimum absolute atomic E-state index is 0. The fourth-order valence-electron chi connectivity index (χ4n) is 5.76. The third-order valence-electron chi connectivity index (χ3n) is 9.78. The minimum atomic E-state index is -1.00. The maximum atomic E-state index is 12.7. The molecule has 6 aromatic rings. The van der Waals surface area contributed by atoms with Gasteiger partial charge in [-0.1, -0.05) is 42.2 Å². The Bertz CT molecular complexity index is 2630. The molecule has 430 valence electrons. The predicted octanol–water partition coefficient (Wildman–Crippen LogP) is 3.39.